The molecule has 0 spiro atoms. The first-order valence-corrected chi connectivity index (χ1v) is 5.80. The molecule has 1 heterocycles. The molecule has 0 amide bonds. The van der Waals surface area contributed by atoms with Gasteiger partial charge in [-0.2, -0.15) is 0 Å². The highest BCUT2D eigenvalue weighted by atomic mass is 35.5. The fourth-order valence-corrected chi connectivity index (χ4v) is 1.95. The van der Waals surface area contributed by atoms with E-state index in [1.54, 1.807) is 0 Å². The van der Waals surface area contributed by atoms with Crippen molar-refractivity contribution in [1.29, 1.82) is 0 Å². The monoisotopic (exact) mass is 241 g/mol. The maximum absolute atomic E-state index is 6.06. The van der Waals surface area contributed by atoms with Crippen molar-refractivity contribution in [3.8, 4) is 0 Å². The van der Waals surface area contributed by atoms with Crippen LogP contribution in [-0.2, 0) is 0 Å². The maximum atomic E-state index is 6.06. The summed E-state index contributed by atoms with van der Waals surface area (Å²) >= 11 is 6.06. The van der Waals surface area contributed by atoms with Gasteiger partial charge in [0.05, 0.1) is 0 Å². The topological polar surface area (TPSA) is 29.0 Å². The van der Waals surface area contributed by atoms with Crippen LogP contribution >= 0.6 is 11.6 Å². The Morgan fingerprint density at radius 2 is 1.75 bits per heavy atom. The SMILES string of the molecule is Cc1nc(Cl)c(C)c(N(C)CC(C)(C)C)n1. The number of hydrogen-bond acceptors (Lipinski definition) is 3. The van der Waals surface area contributed by atoms with Crippen molar-refractivity contribution < 1.29 is 0 Å². The van der Waals surface area contributed by atoms with Crippen molar-refractivity contribution in [1.82, 2.24) is 9.97 Å². The molecule has 0 N–H and O–H groups in total. The van der Waals surface area contributed by atoms with Crippen LogP contribution in [-0.4, -0.2) is 23.6 Å². The van der Waals surface area contributed by atoms with Crippen molar-refractivity contribution in [2.75, 3.05) is 18.5 Å². The summed E-state index contributed by atoms with van der Waals surface area (Å²) in [6, 6.07) is 0. The first-order chi connectivity index (χ1) is 7.20. The second-order valence-corrected chi connectivity index (χ2v) is 5.78. The van der Waals surface area contributed by atoms with Crippen molar-refractivity contribution in [2.45, 2.75) is 34.6 Å². The zero-order valence-electron chi connectivity index (χ0n) is 10.9. The molecular weight excluding hydrogens is 222 g/mol. The van der Waals surface area contributed by atoms with Gasteiger partial charge in [0.2, 0.25) is 0 Å². The highest BCUT2D eigenvalue weighted by molar-refractivity contribution is 6.30. The lowest BCUT2D eigenvalue weighted by Crippen LogP contribution is -2.30. The van der Waals surface area contributed by atoms with Crippen LogP contribution in [0.2, 0.25) is 5.15 Å². The van der Waals surface area contributed by atoms with Gasteiger partial charge in [0.1, 0.15) is 16.8 Å². The third kappa shape index (κ3) is 3.34. The third-order valence-corrected chi connectivity index (χ3v) is 2.61. The Balaban J connectivity index is 3.04. The molecule has 0 saturated heterocycles. The molecular formula is C12H20ClN3. The highest BCUT2D eigenvalue weighted by Crippen LogP contribution is 2.25. The highest BCUT2D eigenvalue weighted by Gasteiger charge is 2.17. The van der Waals surface area contributed by atoms with E-state index in [0.717, 1.165) is 17.9 Å². The molecule has 4 heteroatoms. The van der Waals surface area contributed by atoms with E-state index < -0.39 is 0 Å². The largest absolute Gasteiger partial charge is 0.359 e. The number of halogens is 1. The quantitative estimate of drug-likeness (QED) is 0.745. The smallest absolute Gasteiger partial charge is 0.137 e. The molecule has 0 aliphatic rings. The Bertz CT molecular complexity index is 383. The number of nitrogens with zero attached hydrogens (tertiary/aromatic N) is 3. The van der Waals surface area contributed by atoms with E-state index in [2.05, 4.69) is 35.6 Å². The van der Waals surface area contributed by atoms with Gasteiger partial charge in [-0.15, -0.1) is 0 Å². The van der Waals surface area contributed by atoms with E-state index in [1.165, 1.54) is 0 Å². The summed E-state index contributed by atoms with van der Waals surface area (Å²) in [6.45, 7) is 11.4. The molecule has 0 fully saturated rings. The minimum Gasteiger partial charge on any atom is -0.359 e. The van der Waals surface area contributed by atoms with E-state index in [9.17, 15) is 0 Å². The van der Waals surface area contributed by atoms with Gasteiger partial charge in [-0.3, -0.25) is 0 Å². The normalized spacial score (nSPS) is 11.7. The summed E-state index contributed by atoms with van der Waals surface area (Å²) in [7, 11) is 2.04. The number of aryl methyl sites for hydroxylation is 1. The van der Waals surface area contributed by atoms with Gasteiger partial charge in [0, 0.05) is 19.2 Å². The Morgan fingerprint density at radius 3 is 2.25 bits per heavy atom. The van der Waals surface area contributed by atoms with Gasteiger partial charge in [0.25, 0.3) is 0 Å². The fourth-order valence-electron chi connectivity index (χ4n) is 1.74. The number of aromatic nitrogens is 2. The summed E-state index contributed by atoms with van der Waals surface area (Å²) in [5.74, 6) is 1.64. The van der Waals surface area contributed by atoms with Crippen LogP contribution in [0.25, 0.3) is 0 Å². The summed E-state index contributed by atoms with van der Waals surface area (Å²) in [6.07, 6.45) is 0. The number of hydrogen-bond donors (Lipinski definition) is 0. The van der Waals surface area contributed by atoms with E-state index >= 15 is 0 Å². The zero-order chi connectivity index (χ0) is 12.5. The molecule has 1 aromatic rings. The summed E-state index contributed by atoms with van der Waals surface area (Å²) in [4.78, 5) is 10.7. The molecule has 0 aliphatic heterocycles. The van der Waals surface area contributed by atoms with Crippen molar-refractivity contribution in [3.63, 3.8) is 0 Å². The Morgan fingerprint density at radius 1 is 1.19 bits per heavy atom. The maximum Gasteiger partial charge on any atom is 0.137 e. The molecule has 90 valence electrons. The first kappa shape index (κ1) is 13.2. The number of anilines is 1. The van der Waals surface area contributed by atoms with Crippen LogP contribution in [0.4, 0.5) is 5.82 Å². The molecule has 0 saturated carbocycles. The van der Waals surface area contributed by atoms with Gasteiger partial charge >= 0.3 is 0 Å². The van der Waals surface area contributed by atoms with Crippen LogP contribution in [0.1, 0.15) is 32.2 Å². The van der Waals surface area contributed by atoms with Gasteiger partial charge in [0.15, 0.2) is 0 Å². The van der Waals surface area contributed by atoms with Crippen molar-refractivity contribution in [3.05, 3.63) is 16.5 Å². The second kappa shape index (κ2) is 4.58. The van der Waals surface area contributed by atoms with Gasteiger partial charge in [-0.25, -0.2) is 9.97 Å². The molecule has 1 aromatic heterocycles. The predicted octanol–water partition coefficient (Wildman–Crippen LogP) is 3.23. The van der Waals surface area contributed by atoms with Crippen LogP contribution in [0.3, 0.4) is 0 Å². The van der Waals surface area contributed by atoms with Gasteiger partial charge in [-0.05, 0) is 19.3 Å². The Kier molecular flexibility index (Phi) is 3.79. The van der Waals surface area contributed by atoms with E-state index in [0.29, 0.717) is 11.0 Å². The van der Waals surface area contributed by atoms with Crippen molar-refractivity contribution in [2.24, 2.45) is 5.41 Å². The van der Waals surface area contributed by atoms with E-state index in [1.807, 2.05) is 20.9 Å². The second-order valence-electron chi connectivity index (χ2n) is 5.43. The zero-order valence-corrected chi connectivity index (χ0v) is 11.7. The van der Waals surface area contributed by atoms with E-state index in [-0.39, 0.29) is 5.41 Å². The third-order valence-electron chi connectivity index (χ3n) is 2.25. The lowest BCUT2D eigenvalue weighted by molar-refractivity contribution is 0.417. The summed E-state index contributed by atoms with van der Waals surface area (Å²) < 4.78 is 0. The molecule has 1 rings (SSSR count). The Labute approximate surface area is 103 Å². The molecule has 3 nitrogen and oxygen atoms in total. The average molecular weight is 242 g/mol. The van der Waals surface area contributed by atoms with Crippen LogP contribution in [0, 0.1) is 19.3 Å². The lowest BCUT2D eigenvalue weighted by atomic mass is 9.96. The fraction of sp³-hybridized carbons (Fsp3) is 0.667. The minimum atomic E-state index is 0.229. The van der Waals surface area contributed by atoms with E-state index in [4.69, 9.17) is 11.6 Å². The molecule has 0 atom stereocenters. The standard InChI is InChI=1S/C12H20ClN3/c1-8-10(13)14-9(2)15-11(8)16(6)7-12(3,4)5/h7H2,1-6H3. The summed E-state index contributed by atoms with van der Waals surface area (Å²) in [5.41, 5.74) is 1.17. The average Bonchev–Trinajstić information content (AvgIpc) is 2.08. The number of rotatable bonds is 2. The van der Waals surface area contributed by atoms with Gasteiger partial charge < -0.3 is 4.90 Å². The molecule has 0 radical (unpaired) electrons. The van der Waals surface area contributed by atoms with Crippen LogP contribution < -0.4 is 4.90 Å². The summed E-state index contributed by atoms with van der Waals surface area (Å²) in [5, 5.41) is 0.545. The predicted molar refractivity (Wildman–Crippen MR) is 69.2 cm³/mol. The molecule has 0 aliphatic carbocycles. The molecule has 0 bridgehead atoms. The molecule has 0 aromatic carbocycles. The van der Waals surface area contributed by atoms with Crippen LogP contribution in [0.15, 0.2) is 0 Å². The van der Waals surface area contributed by atoms with Crippen molar-refractivity contribution >= 4 is 17.4 Å². The Hall–Kier alpha value is -0.830. The lowest BCUT2D eigenvalue weighted by Gasteiger charge is -2.28. The first-order valence-electron chi connectivity index (χ1n) is 5.42. The molecule has 0 unspecified atom stereocenters. The minimum absolute atomic E-state index is 0.229. The van der Waals surface area contributed by atoms with Gasteiger partial charge in [-0.1, -0.05) is 32.4 Å². The molecule has 16 heavy (non-hydrogen) atoms. The van der Waals surface area contributed by atoms with Crippen LogP contribution in [0.5, 0.6) is 0 Å².